The van der Waals surface area contributed by atoms with Crippen LogP contribution in [-0.4, -0.2) is 52.1 Å². The molecule has 0 spiro atoms. The minimum Gasteiger partial charge on any atom is -0.477 e. The summed E-state index contributed by atoms with van der Waals surface area (Å²) in [6.07, 6.45) is 10.9. The van der Waals surface area contributed by atoms with E-state index in [4.69, 9.17) is 4.74 Å². The van der Waals surface area contributed by atoms with Crippen molar-refractivity contribution in [3.05, 3.63) is 42.6 Å². The van der Waals surface area contributed by atoms with Crippen molar-refractivity contribution in [1.29, 1.82) is 0 Å². The Morgan fingerprint density at radius 3 is 3.04 bits per heavy atom. The van der Waals surface area contributed by atoms with Gasteiger partial charge in [0.2, 0.25) is 5.88 Å². The number of pyridine rings is 1. The number of unbranched alkanes of at least 4 members (excludes halogenated alkanes) is 1. The fourth-order valence-electron chi connectivity index (χ4n) is 3.60. The van der Waals surface area contributed by atoms with Gasteiger partial charge in [0.15, 0.2) is 5.96 Å². The van der Waals surface area contributed by atoms with Crippen LogP contribution in [0.2, 0.25) is 0 Å². The summed E-state index contributed by atoms with van der Waals surface area (Å²) in [6.45, 7) is 7.73. The summed E-state index contributed by atoms with van der Waals surface area (Å²) in [6, 6.07) is 4.41. The highest BCUT2D eigenvalue weighted by molar-refractivity contribution is 5.80. The van der Waals surface area contributed by atoms with Crippen LogP contribution in [-0.2, 0) is 6.54 Å². The molecule has 28 heavy (non-hydrogen) atoms. The second-order valence-electron chi connectivity index (χ2n) is 7.36. The number of guanidine groups is 1. The lowest BCUT2D eigenvalue weighted by Gasteiger charge is -2.39. The Morgan fingerprint density at radius 1 is 1.39 bits per heavy atom. The van der Waals surface area contributed by atoms with Gasteiger partial charge in [-0.1, -0.05) is 26.3 Å². The van der Waals surface area contributed by atoms with Crippen molar-refractivity contribution < 1.29 is 4.74 Å². The van der Waals surface area contributed by atoms with E-state index in [1.54, 1.807) is 6.20 Å². The van der Waals surface area contributed by atoms with Gasteiger partial charge in [-0.3, -0.25) is 4.99 Å². The molecule has 0 saturated carbocycles. The molecule has 0 aromatic carbocycles. The molecule has 2 aromatic heterocycles. The number of nitrogens with zero attached hydrogens (tertiary/aromatic N) is 5. The van der Waals surface area contributed by atoms with Crippen LogP contribution in [0.4, 0.5) is 0 Å². The van der Waals surface area contributed by atoms with Crippen molar-refractivity contribution in [2.24, 2.45) is 10.9 Å². The van der Waals surface area contributed by atoms with Gasteiger partial charge in [-0.2, -0.15) is 0 Å². The number of rotatable bonds is 7. The molecule has 1 N–H and O–H groups in total. The van der Waals surface area contributed by atoms with Crippen molar-refractivity contribution in [2.75, 3.05) is 26.7 Å². The summed E-state index contributed by atoms with van der Waals surface area (Å²) >= 11 is 0. The summed E-state index contributed by atoms with van der Waals surface area (Å²) < 4.78 is 8.07. The van der Waals surface area contributed by atoms with Crippen LogP contribution in [0.25, 0.3) is 0 Å². The number of piperidine rings is 1. The first-order valence-electron chi connectivity index (χ1n) is 10.2. The van der Waals surface area contributed by atoms with Crippen LogP contribution in [0.5, 0.6) is 5.88 Å². The summed E-state index contributed by atoms with van der Waals surface area (Å²) in [5, 5.41) is 3.50. The van der Waals surface area contributed by atoms with Gasteiger partial charge < -0.3 is 19.5 Å². The SMILES string of the molecule is CCCCOc1ncccc1CNC(=NC)N1CCC(C)C(n2ccnc2)C1. The molecule has 1 fully saturated rings. The van der Waals surface area contributed by atoms with Crippen LogP contribution >= 0.6 is 0 Å². The molecular formula is C21H32N6O. The number of likely N-dealkylation sites (tertiary alicyclic amines) is 1. The molecule has 7 heteroatoms. The minimum absolute atomic E-state index is 0.404. The molecule has 3 rings (SSSR count). The third-order valence-corrected chi connectivity index (χ3v) is 5.36. The Morgan fingerprint density at radius 2 is 2.29 bits per heavy atom. The fraction of sp³-hybridized carbons (Fsp3) is 0.571. The molecule has 0 bridgehead atoms. The number of hydrogen-bond acceptors (Lipinski definition) is 4. The van der Waals surface area contributed by atoms with Crippen LogP contribution < -0.4 is 10.1 Å². The Hall–Kier alpha value is -2.57. The lowest BCUT2D eigenvalue weighted by Crippen LogP contribution is -2.48. The predicted molar refractivity (Wildman–Crippen MR) is 111 cm³/mol. The Kier molecular flexibility index (Phi) is 7.28. The van der Waals surface area contributed by atoms with Crippen molar-refractivity contribution in [2.45, 2.75) is 45.7 Å². The van der Waals surface area contributed by atoms with E-state index in [0.29, 0.717) is 31.0 Å². The number of aromatic nitrogens is 3. The molecular weight excluding hydrogens is 352 g/mol. The number of ether oxygens (including phenoxy) is 1. The van der Waals surface area contributed by atoms with E-state index in [9.17, 15) is 0 Å². The Labute approximate surface area is 167 Å². The summed E-state index contributed by atoms with van der Waals surface area (Å²) in [4.78, 5) is 15.5. The average molecular weight is 385 g/mol. The fourth-order valence-corrected chi connectivity index (χ4v) is 3.60. The van der Waals surface area contributed by atoms with E-state index in [0.717, 1.165) is 43.9 Å². The predicted octanol–water partition coefficient (Wildman–Crippen LogP) is 3.12. The molecule has 2 atom stereocenters. The number of aliphatic imine (C=N–C) groups is 1. The van der Waals surface area contributed by atoms with E-state index in [2.05, 4.69) is 55.9 Å². The molecule has 2 unspecified atom stereocenters. The molecule has 152 valence electrons. The quantitative estimate of drug-likeness (QED) is 0.451. The zero-order valence-electron chi connectivity index (χ0n) is 17.2. The third-order valence-electron chi connectivity index (χ3n) is 5.36. The highest BCUT2D eigenvalue weighted by Gasteiger charge is 2.28. The van der Waals surface area contributed by atoms with Crippen molar-refractivity contribution in [1.82, 2.24) is 24.8 Å². The lowest BCUT2D eigenvalue weighted by atomic mass is 9.93. The van der Waals surface area contributed by atoms with E-state index >= 15 is 0 Å². The van der Waals surface area contributed by atoms with Crippen molar-refractivity contribution in [3.63, 3.8) is 0 Å². The molecule has 1 aliphatic heterocycles. The molecule has 7 nitrogen and oxygen atoms in total. The molecule has 2 aromatic rings. The maximum Gasteiger partial charge on any atom is 0.218 e. The third kappa shape index (κ3) is 5.03. The van der Waals surface area contributed by atoms with Crippen molar-refractivity contribution >= 4 is 5.96 Å². The van der Waals surface area contributed by atoms with Gasteiger partial charge in [0.05, 0.1) is 19.0 Å². The van der Waals surface area contributed by atoms with Crippen molar-refractivity contribution in [3.8, 4) is 5.88 Å². The van der Waals surface area contributed by atoms with Gasteiger partial charge in [-0.15, -0.1) is 0 Å². The molecule has 0 aliphatic carbocycles. The topological polar surface area (TPSA) is 67.6 Å². The first-order chi connectivity index (χ1) is 13.7. The molecule has 3 heterocycles. The lowest BCUT2D eigenvalue weighted by molar-refractivity contribution is 0.189. The zero-order valence-corrected chi connectivity index (χ0v) is 17.2. The maximum absolute atomic E-state index is 5.85. The van der Waals surface area contributed by atoms with Crippen LogP contribution in [0.15, 0.2) is 42.0 Å². The highest BCUT2D eigenvalue weighted by Crippen LogP contribution is 2.27. The normalized spacial score (nSPS) is 20.2. The van der Waals surface area contributed by atoms with Gasteiger partial charge in [0, 0.05) is 50.8 Å². The van der Waals surface area contributed by atoms with Crippen LogP contribution in [0.3, 0.4) is 0 Å². The monoisotopic (exact) mass is 384 g/mol. The first-order valence-corrected chi connectivity index (χ1v) is 10.2. The Balaban J connectivity index is 1.62. The first kappa shape index (κ1) is 20.2. The summed E-state index contributed by atoms with van der Waals surface area (Å²) in [7, 11) is 1.84. The molecule has 0 radical (unpaired) electrons. The van der Waals surface area contributed by atoms with Gasteiger partial charge >= 0.3 is 0 Å². The van der Waals surface area contributed by atoms with Crippen LogP contribution in [0, 0.1) is 5.92 Å². The molecule has 1 saturated heterocycles. The second-order valence-corrected chi connectivity index (χ2v) is 7.36. The van der Waals surface area contributed by atoms with E-state index in [1.807, 2.05) is 25.6 Å². The minimum atomic E-state index is 0.404. The second kappa shape index (κ2) is 10.1. The number of nitrogens with one attached hydrogen (secondary N) is 1. The molecule has 0 amide bonds. The van der Waals surface area contributed by atoms with E-state index in [-0.39, 0.29) is 0 Å². The van der Waals surface area contributed by atoms with E-state index < -0.39 is 0 Å². The van der Waals surface area contributed by atoms with E-state index in [1.165, 1.54) is 0 Å². The smallest absolute Gasteiger partial charge is 0.218 e. The number of hydrogen-bond donors (Lipinski definition) is 1. The standard InChI is InChI=1S/C21H32N6O/c1-4-5-13-28-20-18(7-6-9-24-20)14-25-21(22-3)26-11-8-17(2)19(15-26)27-12-10-23-16-27/h6-7,9-10,12,16-17,19H,4-5,8,11,13-15H2,1-3H3,(H,22,25). The van der Waals surface area contributed by atoms with Gasteiger partial charge in [-0.25, -0.2) is 9.97 Å². The largest absolute Gasteiger partial charge is 0.477 e. The maximum atomic E-state index is 5.85. The van der Waals surface area contributed by atoms with Gasteiger partial charge in [-0.05, 0) is 24.8 Å². The average Bonchev–Trinajstić information content (AvgIpc) is 3.25. The zero-order chi connectivity index (χ0) is 19.8. The van der Waals surface area contributed by atoms with Gasteiger partial charge in [0.25, 0.3) is 0 Å². The van der Waals surface area contributed by atoms with Crippen LogP contribution in [0.1, 0.15) is 44.7 Å². The number of imidazole rings is 1. The summed E-state index contributed by atoms with van der Waals surface area (Å²) in [5.41, 5.74) is 1.05. The Bertz CT molecular complexity index is 745. The van der Waals surface area contributed by atoms with Gasteiger partial charge in [0.1, 0.15) is 0 Å². The summed E-state index contributed by atoms with van der Waals surface area (Å²) in [5.74, 6) is 2.24. The molecule has 1 aliphatic rings. The highest BCUT2D eigenvalue weighted by atomic mass is 16.5.